The summed E-state index contributed by atoms with van der Waals surface area (Å²) < 4.78 is 1.29. The molecule has 0 saturated carbocycles. The van der Waals surface area contributed by atoms with Crippen LogP contribution in [0.25, 0.3) is 0 Å². The molecule has 8 nitrogen and oxygen atoms in total. The van der Waals surface area contributed by atoms with Gasteiger partial charge in [0.25, 0.3) is 11.5 Å². The molecule has 0 aliphatic carbocycles. The zero-order chi connectivity index (χ0) is 20.8. The lowest BCUT2D eigenvalue weighted by Gasteiger charge is -2.25. The van der Waals surface area contributed by atoms with E-state index in [1.54, 1.807) is 6.07 Å². The van der Waals surface area contributed by atoms with E-state index in [2.05, 4.69) is 9.97 Å². The molecule has 2 rings (SSSR count). The van der Waals surface area contributed by atoms with Crippen molar-refractivity contribution in [2.45, 2.75) is 46.6 Å². The summed E-state index contributed by atoms with van der Waals surface area (Å²) in [6.45, 7) is 6.61. The van der Waals surface area contributed by atoms with Crippen molar-refractivity contribution in [2.24, 2.45) is 5.92 Å². The fraction of sp³-hybridized carbons (Fsp3) is 0.474. The summed E-state index contributed by atoms with van der Waals surface area (Å²) in [6, 6.07) is 2.99. The summed E-state index contributed by atoms with van der Waals surface area (Å²) in [5.41, 5.74) is 4.96. The first-order valence-corrected chi connectivity index (χ1v) is 9.70. The van der Waals surface area contributed by atoms with Crippen LogP contribution in [-0.4, -0.2) is 27.0 Å². The van der Waals surface area contributed by atoms with Crippen molar-refractivity contribution < 1.29 is 4.79 Å². The van der Waals surface area contributed by atoms with Crippen LogP contribution in [-0.2, 0) is 6.54 Å². The molecule has 9 heteroatoms. The topological polar surface area (TPSA) is 114 Å². The third-order valence-corrected chi connectivity index (χ3v) is 4.57. The molecule has 0 aromatic carbocycles. The Morgan fingerprint density at radius 2 is 2.11 bits per heavy atom. The fourth-order valence-corrected chi connectivity index (χ4v) is 2.90. The first-order valence-electron chi connectivity index (χ1n) is 9.32. The molecule has 2 aromatic heterocycles. The molecule has 3 N–H and O–H groups in total. The van der Waals surface area contributed by atoms with E-state index >= 15 is 0 Å². The average Bonchev–Trinajstić information content (AvgIpc) is 2.63. The second-order valence-electron chi connectivity index (χ2n) is 7.00. The van der Waals surface area contributed by atoms with Gasteiger partial charge in [0.2, 0.25) is 0 Å². The van der Waals surface area contributed by atoms with Gasteiger partial charge in [0.15, 0.2) is 5.69 Å². The van der Waals surface area contributed by atoms with E-state index in [0.717, 1.165) is 6.42 Å². The summed E-state index contributed by atoms with van der Waals surface area (Å²) in [6.07, 6.45) is 3.62. The number of anilines is 2. The number of nitrogens with one attached hydrogen (secondary N) is 1. The molecule has 0 saturated heterocycles. The summed E-state index contributed by atoms with van der Waals surface area (Å²) in [5, 5.41) is 0.358. The van der Waals surface area contributed by atoms with Gasteiger partial charge >= 0.3 is 5.69 Å². The highest BCUT2D eigenvalue weighted by molar-refractivity contribution is 6.31. The predicted octanol–water partition coefficient (Wildman–Crippen LogP) is 2.66. The van der Waals surface area contributed by atoms with Crippen molar-refractivity contribution in [2.75, 3.05) is 17.2 Å². The molecule has 2 aromatic rings. The van der Waals surface area contributed by atoms with Gasteiger partial charge in [-0.1, -0.05) is 38.8 Å². The summed E-state index contributed by atoms with van der Waals surface area (Å²) in [4.78, 5) is 45.5. The van der Waals surface area contributed by atoms with Crippen molar-refractivity contribution >= 4 is 29.0 Å². The van der Waals surface area contributed by atoms with Gasteiger partial charge in [0, 0.05) is 24.3 Å². The van der Waals surface area contributed by atoms with E-state index in [-0.39, 0.29) is 29.7 Å². The van der Waals surface area contributed by atoms with Gasteiger partial charge in [-0.15, -0.1) is 0 Å². The van der Waals surface area contributed by atoms with Crippen LogP contribution in [0, 0.1) is 5.92 Å². The highest BCUT2D eigenvalue weighted by Crippen LogP contribution is 2.21. The monoisotopic (exact) mass is 407 g/mol. The molecule has 0 aliphatic heterocycles. The Morgan fingerprint density at radius 1 is 1.39 bits per heavy atom. The molecule has 1 amide bonds. The smallest absolute Gasteiger partial charge is 0.330 e. The van der Waals surface area contributed by atoms with Gasteiger partial charge in [-0.3, -0.25) is 29.0 Å². The Bertz CT molecular complexity index is 951. The minimum Gasteiger partial charge on any atom is -0.383 e. The molecule has 0 atom stereocenters. The highest BCUT2D eigenvalue weighted by Gasteiger charge is 2.26. The van der Waals surface area contributed by atoms with Gasteiger partial charge in [0.1, 0.15) is 11.5 Å². The zero-order valence-electron chi connectivity index (χ0n) is 16.4. The molecule has 0 unspecified atom stereocenters. The van der Waals surface area contributed by atoms with Crippen LogP contribution in [0.3, 0.4) is 0 Å². The number of halogens is 1. The fourth-order valence-electron chi connectivity index (χ4n) is 2.74. The second-order valence-corrected chi connectivity index (χ2v) is 7.43. The van der Waals surface area contributed by atoms with Crippen LogP contribution in [0.5, 0.6) is 0 Å². The molecule has 0 bridgehead atoms. The van der Waals surface area contributed by atoms with E-state index in [4.69, 9.17) is 17.3 Å². The van der Waals surface area contributed by atoms with Crippen LogP contribution in [0.2, 0.25) is 5.02 Å². The molecule has 0 fully saturated rings. The molecular formula is C19H26ClN5O3. The quantitative estimate of drug-likeness (QED) is 0.698. The van der Waals surface area contributed by atoms with Gasteiger partial charge < -0.3 is 5.73 Å². The highest BCUT2D eigenvalue weighted by atomic mass is 35.5. The molecule has 0 spiro atoms. The van der Waals surface area contributed by atoms with E-state index in [9.17, 15) is 14.4 Å². The van der Waals surface area contributed by atoms with Gasteiger partial charge in [0.05, 0.1) is 0 Å². The van der Waals surface area contributed by atoms with E-state index in [1.807, 2.05) is 20.8 Å². The maximum absolute atomic E-state index is 13.1. The van der Waals surface area contributed by atoms with Crippen molar-refractivity contribution in [3.63, 3.8) is 0 Å². The number of hydrogen-bond acceptors (Lipinski definition) is 5. The first kappa shape index (κ1) is 21.7. The van der Waals surface area contributed by atoms with Crippen LogP contribution < -0.4 is 21.9 Å². The lowest BCUT2D eigenvalue weighted by molar-refractivity contribution is 0.0980. The number of nitrogens with two attached hydrogens (primary N) is 1. The average molecular weight is 408 g/mol. The number of rotatable bonds is 8. The minimum atomic E-state index is -0.700. The number of hydrogen-bond donors (Lipinski definition) is 2. The normalized spacial score (nSPS) is 11.0. The maximum Gasteiger partial charge on any atom is 0.330 e. The summed E-state index contributed by atoms with van der Waals surface area (Å²) in [7, 11) is 0. The Morgan fingerprint density at radius 3 is 2.71 bits per heavy atom. The van der Waals surface area contributed by atoms with E-state index < -0.39 is 17.2 Å². The number of amides is 1. The Hall–Kier alpha value is -2.61. The number of nitrogen functional groups attached to an aromatic ring is 1. The van der Waals surface area contributed by atoms with Gasteiger partial charge in [-0.05, 0) is 30.9 Å². The largest absolute Gasteiger partial charge is 0.383 e. The molecular weight excluding hydrogens is 382 g/mol. The molecule has 0 radical (unpaired) electrons. The van der Waals surface area contributed by atoms with Crippen molar-refractivity contribution in [1.82, 2.24) is 14.5 Å². The Labute approximate surface area is 168 Å². The number of aromatic amines is 1. The standard InChI is InChI=1S/C19H26ClN5O3/c1-4-5-9-25-16(21)15(17(26)23-19(25)28)24(10-7-12(2)3)18(27)14-11-13(20)6-8-22-14/h6,8,11-12H,4-5,7,9-10,21H2,1-3H3,(H,23,26,28). The number of unbranched alkanes of at least 4 members (excludes halogenated alkanes) is 1. The number of pyridine rings is 1. The van der Waals surface area contributed by atoms with Crippen molar-refractivity contribution in [3.8, 4) is 0 Å². The molecule has 2 heterocycles. The lowest BCUT2D eigenvalue weighted by atomic mass is 10.1. The third kappa shape index (κ3) is 5.01. The van der Waals surface area contributed by atoms with Crippen molar-refractivity contribution in [1.29, 1.82) is 0 Å². The third-order valence-electron chi connectivity index (χ3n) is 4.34. The Balaban J connectivity index is 2.58. The number of nitrogens with zero attached hydrogens (tertiary/aromatic N) is 3. The van der Waals surface area contributed by atoms with Crippen molar-refractivity contribution in [3.05, 3.63) is 49.9 Å². The van der Waals surface area contributed by atoms with Crippen LogP contribution in [0.4, 0.5) is 11.5 Å². The Kier molecular flexibility index (Phi) is 7.39. The van der Waals surface area contributed by atoms with E-state index in [0.29, 0.717) is 24.4 Å². The first-order chi connectivity index (χ1) is 13.3. The zero-order valence-corrected chi connectivity index (χ0v) is 17.1. The van der Waals surface area contributed by atoms with Crippen LogP contribution in [0.1, 0.15) is 50.5 Å². The number of carbonyl (C=O) groups excluding carboxylic acids is 1. The SMILES string of the molecule is CCCCn1c(N)c(N(CCC(C)C)C(=O)c2cc(Cl)ccn2)c(=O)[nH]c1=O. The lowest BCUT2D eigenvalue weighted by Crippen LogP contribution is -2.42. The molecule has 0 aliphatic rings. The van der Waals surface area contributed by atoms with Gasteiger partial charge in [-0.2, -0.15) is 0 Å². The minimum absolute atomic E-state index is 0.0265. The van der Waals surface area contributed by atoms with Crippen LogP contribution in [0.15, 0.2) is 27.9 Å². The number of carbonyl (C=O) groups is 1. The van der Waals surface area contributed by atoms with Crippen LogP contribution >= 0.6 is 11.6 Å². The maximum atomic E-state index is 13.1. The summed E-state index contributed by atoms with van der Waals surface area (Å²) >= 11 is 5.98. The van der Waals surface area contributed by atoms with E-state index in [1.165, 1.54) is 21.7 Å². The number of H-pyrrole nitrogens is 1. The number of aromatic nitrogens is 3. The summed E-state index contributed by atoms with van der Waals surface area (Å²) in [5.74, 6) is -0.240. The molecule has 152 valence electrons. The second kappa shape index (κ2) is 9.54. The molecule has 28 heavy (non-hydrogen) atoms. The van der Waals surface area contributed by atoms with Gasteiger partial charge in [-0.25, -0.2) is 4.79 Å². The predicted molar refractivity (Wildman–Crippen MR) is 111 cm³/mol.